The van der Waals surface area contributed by atoms with Gasteiger partial charge in [0.05, 0.1) is 56.5 Å². The number of morpholine rings is 1. The van der Waals surface area contributed by atoms with Gasteiger partial charge < -0.3 is 44.3 Å². The molecule has 1 aliphatic rings. The largest absolute Gasteiger partial charge is 1.00 e. The monoisotopic (exact) mass is 1030 g/mol. The van der Waals surface area contributed by atoms with E-state index in [1.54, 1.807) is 4.90 Å². The van der Waals surface area contributed by atoms with E-state index >= 15 is 0 Å². The Morgan fingerprint density at radius 3 is 1.98 bits per heavy atom. The zero-order chi connectivity index (χ0) is 44.2. The minimum Gasteiger partial charge on any atom is -0.744 e. The van der Waals surface area contributed by atoms with Crippen LogP contribution in [0.4, 0.5) is 40.6 Å². The van der Waals surface area contributed by atoms with Crippen LogP contribution >= 0.6 is 12.3 Å². The summed E-state index contributed by atoms with van der Waals surface area (Å²) in [6, 6.07) is 11.4. The van der Waals surface area contributed by atoms with Gasteiger partial charge >= 0.3 is 118 Å². The normalized spacial score (nSPS) is 13.3. The van der Waals surface area contributed by atoms with E-state index in [0.29, 0.717) is 12.1 Å². The number of fused-ring (bicyclic) bond motifs is 1. The van der Waals surface area contributed by atoms with Crippen LogP contribution in [-0.2, 0) is 58.5 Å². The van der Waals surface area contributed by atoms with Crippen molar-refractivity contribution in [3.63, 3.8) is 0 Å². The molecule has 4 aromatic carbocycles. The third-order valence-electron chi connectivity index (χ3n) is 8.22. The number of nitrogens with one attached hydrogen (secondary N) is 2. The summed E-state index contributed by atoms with van der Waals surface area (Å²) in [7, 11) is -19.7. The Balaban J connectivity index is 0.00000363. The van der Waals surface area contributed by atoms with Crippen molar-refractivity contribution in [3.8, 4) is 5.75 Å². The summed E-state index contributed by atoms with van der Waals surface area (Å²) in [5, 5.41) is 36.6. The van der Waals surface area contributed by atoms with E-state index in [1.165, 1.54) is 12.1 Å². The van der Waals surface area contributed by atoms with Gasteiger partial charge in [-0.25, -0.2) is 33.7 Å². The van der Waals surface area contributed by atoms with Gasteiger partial charge in [0.25, 0.3) is 0 Å². The van der Waals surface area contributed by atoms with Gasteiger partial charge in [-0.2, -0.15) is 20.1 Å². The molecule has 25 nitrogen and oxygen atoms in total. The van der Waals surface area contributed by atoms with E-state index in [9.17, 15) is 57.7 Å². The quantitative estimate of drug-likeness (QED) is 0.0148. The van der Waals surface area contributed by atoms with Crippen LogP contribution in [0.15, 0.2) is 96.5 Å². The number of sulfone groups is 1. The van der Waals surface area contributed by atoms with Crippen LogP contribution in [0.2, 0.25) is 0 Å². The molecule has 0 bridgehead atoms. The average molecular weight is 1030 g/mol. The summed E-state index contributed by atoms with van der Waals surface area (Å²) in [5.41, 5.74) is -1.44. The number of ether oxygens (including phenoxy) is 1. The maximum atomic E-state index is 12.6. The van der Waals surface area contributed by atoms with E-state index in [1.807, 2.05) is 0 Å². The number of benzene rings is 4. The van der Waals surface area contributed by atoms with Crippen molar-refractivity contribution in [2.45, 2.75) is 19.6 Å². The first-order valence-corrected chi connectivity index (χ1v) is 23.2. The first-order valence-electron chi connectivity index (χ1n) is 16.7. The van der Waals surface area contributed by atoms with Gasteiger partial charge in [-0.05, 0) is 66.0 Å². The van der Waals surface area contributed by atoms with E-state index < -0.39 is 95.1 Å². The van der Waals surface area contributed by atoms with E-state index in [0.717, 1.165) is 42.5 Å². The minimum atomic E-state index is -5.53. The molecule has 0 atom stereocenters. The van der Waals surface area contributed by atoms with Crippen LogP contribution < -0.4 is 139 Å². The summed E-state index contributed by atoms with van der Waals surface area (Å²) in [6.07, 6.45) is 0. The van der Waals surface area contributed by atoms with Gasteiger partial charge in [-0.1, -0.05) is 6.07 Å². The van der Waals surface area contributed by atoms with Crippen molar-refractivity contribution in [1.29, 1.82) is 0 Å². The van der Waals surface area contributed by atoms with Crippen LogP contribution in [0.1, 0.15) is 0 Å². The number of hydrogen-bond acceptors (Lipinski definition) is 26. The molecule has 0 radical (unpaired) electrons. The summed E-state index contributed by atoms with van der Waals surface area (Å²) >= 11 is 0.114. The van der Waals surface area contributed by atoms with Crippen molar-refractivity contribution in [3.05, 3.63) is 66.7 Å². The topological polar surface area (TPSA) is 377 Å². The van der Waals surface area contributed by atoms with Crippen molar-refractivity contribution in [2.75, 3.05) is 54.2 Å². The van der Waals surface area contributed by atoms with Crippen molar-refractivity contribution >= 4 is 104 Å². The van der Waals surface area contributed by atoms with E-state index in [-0.39, 0.29) is 191 Å². The molecule has 0 saturated carbocycles. The van der Waals surface area contributed by atoms with Gasteiger partial charge in [-0.15, -0.1) is 9.45 Å². The maximum absolute atomic E-state index is 12.6. The Hall–Kier alpha value is -1.22. The molecule has 1 fully saturated rings. The molecular formula is C31H26N8Na4O17S5. The molecule has 6 rings (SSSR count). The van der Waals surface area contributed by atoms with Gasteiger partial charge in [0.2, 0.25) is 17.8 Å². The Labute approximate surface area is 463 Å². The standard InChI is InChI=1S/C31H30N8O17S5.4Na/c40-28-26-18(15-25(61(50,51)52)27(28)38-37-19-4-6-21(7-5-19)58(42,43)13-12-54-57-56-55-41)14-23(60(47,48)49)17-24(26)33-30-34-29(35-31(36-30)39-8-10-53-11-9-39)32-20-2-1-3-22(16-20)59(44,45)46;;;;/h1-7,14-17,40-41H,8-13H2,(H,44,45,46)(H,47,48,49)(H,50,51,52)(H2,32,33,34,35,36);;;;/q;4*+1/p-4. The third kappa shape index (κ3) is 16.2. The zero-order valence-electron chi connectivity index (χ0n) is 34.3. The number of rotatable bonds is 17. The van der Waals surface area contributed by atoms with Crippen LogP contribution in [0.25, 0.3) is 10.8 Å². The van der Waals surface area contributed by atoms with Crippen LogP contribution in [-0.4, -0.2) is 106 Å². The number of phenolic OH excluding ortho intramolecular Hbond substituents is 1. The van der Waals surface area contributed by atoms with Crippen LogP contribution in [0, 0.1) is 0 Å². The fourth-order valence-electron chi connectivity index (χ4n) is 5.50. The fraction of sp³-hybridized carbons (Fsp3) is 0.194. The summed E-state index contributed by atoms with van der Waals surface area (Å²) in [6.45, 7) is 0.688. The van der Waals surface area contributed by atoms with Gasteiger partial charge in [-0.3, -0.25) is 9.22 Å². The van der Waals surface area contributed by atoms with Gasteiger partial charge in [0.15, 0.2) is 27.9 Å². The second-order valence-corrected chi connectivity index (χ2v) is 18.9. The maximum Gasteiger partial charge on any atom is 1.00 e. The van der Waals surface area contributed by atoms with Gasteiger partial charge in [0, 0.05) is 24.2 Å². The molecule has 0 spiro atoms. The molecule has 2 heterocycles. The summed E-state index contributed by atoms with van der Waals surface area (Å²) in [5.74, 6) is -2.25. The minimum absolute atomic E-state index is 0. The Kier molecular flexibility index (Phi) is 23.6. The number of anilines is 5. The van der Waals surface area contributed by atoms with E-state index in [2.05, 4.69) is 45.2 Å². The Morgan fingerprint density at radius 1 is 0.754 bits per heavy atom. The second kappa shape index (κ2) is 25.6. The fourth-order valence-corrected chi connectivity index (χ4v) is 8.61. The molecule has 34 heteroatoms. The molecule has 1 saturated heterocycles. The number of aromatic hydroxyl groups is 1. The summed E-state index contributed by atoms with van der Waals surface area (Å²) < 4.78 is 149. The first-order chi connectivity index (χ1) is 28.7. The van der Waals surface area contributed by atoms with Gasteiger partial charge in [0.1, 0.15) is 36.0 Å². The molecule has 1 aliphatic heterocycles. The molecule has 0 aliphatic carbocycles. The molecule has 65 heavy (non-hydrogen) atoms. The second-order valence-electron chi connectivity index (χ2n) is 12.2. The molecule has 1 aromatic heterocycles. The molecule has 3 N–H and O–H groups in total. The molecular weight excluding hydrogens is 1010 g/mol. The number of nitrogens with zero attached hydrogens (tertiary/aromatic N) is 6. The zero-order valence-corrected chi connectivity index (χ0v) is 46.4. The molecule has 326 valence electrons. The molecule has 0 amide bonds. The predicted molar refractivity (Wildman–Crippen MR) is 204 cm³/mol. The molecule has 5 aromatic rings. The average Bonchev–Trinajstić information content (AvgIpc) is 3.19. The van der Waals surface area contributed by atoms with E-state index in [4.69, 9.17) is 8.92 Å². The number of phenols is 1. The SMILES string of the molecule is O=S(=O)([O-])c1cccc(Nc2nc(Nc3cc(S(=O)(=O)[O-])cc4cc(S(=O)(=O)[O-])c(N=Nc5ccc(S(=O)(=O)CCOSOO[O-])cc5)c(O)c34)nc(N3CCOCC3)n2)c1.[Na+].[Na+].[Na+].[Na+]. The van der Waals surface area contributed by atoms with Crippen molar-refractivity contribution in [1.82, 2.24) is 15.0 Å². The number of aromatic nitrogens is 3. The van der Waals surface area contributed by atoms with Crippen molar-refractivity contribution < 1.29 is 194 Å². The predicted octanol–water partition coefficient (Wildman–Crippen LogP) is -10.2. The smallest absolute Gasteiger partial charge is 0.744 e. The third-order valence-corrected chi connectivity index (χ3v) is 12.8. The molecule has 0 unspecified atom stereocenters. The Morgan fingerprint density at radius 2 is 1.38 bits per heavy atom. The van der Waals surface area contributed by atoms with Crippen LogP contribution in [0.5, 0.6) is 5.75 Å². The van der Waals surface area contributed by atoms with Crippen molar-refractivity contribution in [2.24, 2.45) is 10.2 Å². The Bertz CT molecular complexity index is 2960. The first kappa shape index (κ1) is 59.9. The number of azo groups is 1. The van der Waals surface area contributed by atoms with Crippen LogP contribution in [0.3, 0.4) is 0 Å². The number of hydrogen-bond donors (Lipinski definition) is 3. The summed E-state index contributed by atoms with van der Waals surface area (Å²) in [4.78, 5) is 11.7.